The molecule has 0 aliphatic carbocycles. The van der Waals surface area contributed by atoms with Gasteiger partial charge in [0.1, 0.15) is 18.7 Å². The van der Waals surface area contributed by atoms with Crippen molar-refractivity contribution in [3.05, 3.63) is 32.6 Å². The Morgan fingerprint density at radius 1 is 1.19 bits per heavy atom. The summed E-state index contributed by atoms with van der Waals surface area (Å²) in [4.78, 5) is 64.8. The van der Waals surface area contributed by atoms with Gasteiger partial charge in [0.2, 0.25) is 5.91 Å². The summed E-state index contributed by atoms with van der Waals surface area (Å²) in [6.07, 6.45) is 3.04. The van der Waals surface area contributed by atoms with Crippen LogP contribution in [0.5, 0.6) is 0 Å². The third kappa shape index (κ3) is 11.5. The van der Waals surface area contributed by atoms with Crippen LogP contribution in [-0.4, -0.2) is 84.0 Å². The molecule has 0 saturated heterocycles. The van der Waals surface area contributed by atoms with E-state index in [1.165, 1.54) is 25.1 Å². The zero-order valence-corrected chi connectivity index (χ0v) is 21.8. The molecular weight excluding hydrogens is 474 g/mol. The number of aromatic nitrogens is 2. The molecule has 0 spiro atoms. The van der Waals surface area contributed by atoms with Crippen LogP contribution >= 0.6 is 0 Å². The second-order valence-corrected chi connectivity index (χ2v) is 9.26. The van der Waals surface area contributed by atoms with Gasteiger partial charge in [-0.25, -0.2) is 9.59 Å². The smallest absolute Gasteiger partial charge is 0.407 e. The molecule has 13 heteroatoms. The molecule has 0 radical (unpaired) electrons. The van der Waals surface area contributed by atoms with E-state index in [2.05, 4.69) is 10.3 Å². The third-order valence-corrected chi connectivity index (χ3v) is 4.97. The largest absolute Gasteiger partial charge is 0.468 e. The molecular formula is C23H39N5O8. The molecule has 1 aromatic heterocycles. The summed E-state index contributed by atoms with van der Waals surface area (Å²) in [5, 5.41) is 2.60. The van der Waals surface area contributed by atoms with Crippen LogP contribution in [0.4, 0.5) is 4.79 Å². The van der Waals surface area contributed by atoms with Gasteiger partial charge in [0.05, 0.1) is 19.8 Å². The number of aromatic amines is 1. The quantitative estimate of drug-likeness (QED) is 0.226. The van der Waals surface area contributed by atoms with E-state index in [9.17, 15) is 24.0 Å². The Balaban J connectivity index is 3.11. The van der Waals surface area contributed by atoms with Crippen molar-refractivity contribution in [2.75, 3.05) is 40.0 Å². The van der Waals surface area contributed by atoms with Gasteiger partial charge in [-0.2, -0.15) is 0 Å². The number of amides is 2. The maximum Gasteiger partial charge on any atom is 0.407 e. The molecule has 1 rings (SSSR count). The Morgan fingerprint density at radius 2 is 1.89 bits per heavy atom. The molecule has 1 heterocycles. The van der Waals surface area contributed by atoms with E-state index in [0.29, 0.717) is 13.2 Å². The fourth-order valence-corrected chi connectivity index (χ4v) is 3.12. The molecule has 4 N–H and O–H groups in total. The van der Waals surface area contributed by atoms with E-state index < -0.39 is 54.0 Å². The van der Waals surface area contributed by atoms with Gasteiger partial charge in [0.25, 0.3) is 5.56 Å². The van der Waals surface area contributed by atoms with Gasteiger partial charge >= 0.3 is 17.8 Å². The fourth-order valence-electron chi connectivity index (χ4n) is 3.12. The highest BCUT2D eigenvalue weighted by atomic mass is 16.6. The molecule has 13 nitrogen and oxygen atoms in total. The van der Waals surface area contributed by atoms with Crippen LogP contribution in [0.1, 0.15) is 45.6 Å². The minimum Gasteiger partial charge on any atom is -0.468 e. The summed E-state index contributed by atoms with van der Waals surface area (Å²) in [7, 11) is 1.18. The number of hydrogen-bond donors (Lipinski definition) is 3. The van der Waals surface area contributed by atoms with Gasteiger partial charge < -0.3 is 30.2 Å². The highest BCUT2D eigenvalue weighted by Crippen LogP contribution is 2.08. The van der Waals surface area contributed by atoms with Crippen molar-refractivity contribution in [1.82, 2.24) is 19.8 Å². The second-order valence-electron chi connectivity index (χ2n) is 9.26. The summed E-state index contributed by atoms with van der Waals surface area (Å²) in [6.45, 7) is 6.63. The van der Waals surface area contributed by atoms with Crippen molar-refractivity contribution < 1.29 is 28.6 Å². The van der Waals surface area contributed by atoms with E-state index in [1.807, 2.05) is 0 Å². The van der Waals surface area contributed by atoms with Gasteiger partial charge in [0, 0.05) is 24.9 Å². The Labute approximate surface area is 210 Å². The second kappa shape index (κ2) is 15.0. The molecule has 0 bridgehead atoms. The van der Waals surface area contributed by atoms with E-state index in [4.69, 9.17) is 19.9 Å². The average molecular weight is 514 g/mol. The first-order valence-electron chi connectivity index (χ1n) is 11.8. The van der Waals surface area contributed by atoms with E-state index in [-0.39, 0.29) is 18.7 Å². The molecule has 0 aliphatic rings. The monoisotopic (exact) mass is 513 g/mol. The average Bonchev–Trinajstić information content (AvgIpc) is 2.78. The summed E-state index contributed by atoms with van der Waals surface area (Å²) >= 11 is 0. The predicted octanol–water partition coefficient (Wildman–Crippen LogP) is -0.114. The zero-order chi connectivity index (χ0) is 27.3. The lowest BCUT2D eigenvalue weighted by Gasteiger charge is -2.31. The number of alkyl carbamates (subject to hydrolysis) is 1. The lowest BCUT2D eigenvalue weighted by atomic mass is 10.2. The molecule has 1 atom stereocenters. The lowest BCUT2D eigenvalue weighted by Crippen LogP contribution is -2.53. The normalized spacial score (nSPS) is 12.1. The Bertz CT molecular complexity index is 982. The Kier molecular flexibility index (Phi) is 12.9. The number of esters is 1. The van der Waals surface area contributed by atoms with Gasteiger partial charge in [0.15, 0.2) is 0 Å². The Hall–Kier alpha value is -3.19. The first kappa shape index (κ1) is 30.8. The number of hydrogen-bond acceptors (Lipinski definition) is 9. The molecule has 0 fully saturated rings. The van der Waals surface area contributed by atoms with E-state index in [0.717, 1.165) is 23.8 Å². The van der Waals surface area contributed by atoms with E-state index in [1.54, 1.807) is 20.8 Å². The number of nitrogens with zero attached hydrogens (tertiary/aromatic N) is 2. The number of methoxy groups -OCH3 is 1. The number of aryl methyl sites for hydroxylation is 1. The number of H-pyrrole nitrogens is 1. The zero-order valence-electron chi connectivity index (χ0n) is 21.8. The third-order valence-electron chi connectivity index (χ3n) is 4.97. The van der Waals surface area contributed by atoms with Gasteiger partial charge in [-0.1, -0.05) is 0 Å². The molecule has 36 heavy (non-hydrogen) atoms. The van der Waals surface area contributed by atoms with Crippen molar-refractivity contribution in [2.45, 2.75) is 65.1 Å². The minimum atomic E-state index is -0.779. The number of carbonyl (C=O) groups excluding carboxylic acids is 3. The fraction of sp³-hybridized carbons (Fsp3) is 0.696. The summed E-state index contributed by atoms with van der Waals surface area (Å²) < 4.78 is 16.8. The summed E-state index contributed by atoms with van der Waals surface area (Å²) in [5.41, 5.74) is 3.69. The number of carbonyl (C=O) groups is 3. The molecule has 1 unspecified atom stereocenters. The van der Waals surface area contributed by atoms with Crippen molar-refractivity contribution in [2.24, 2.45) is 5.73 Å². The standard InChI is InChI=1S/C23H39N5O8/c1-16-12-27(21(32)26-20(16)31)13-18(29)28(14-19(30)34-5)17(15-35-10-8-6-7-9-24)11-25-22(33)36-23(2,3)4/h12,17H,6-11,13-15,24H2,1-5H3,(H,25,33)(H,26,31,32). The van der Waals surface area contributed by atoms with Crippen LogP contribution in [0, 0.1) is 6.92 Å². The first-order chi connectivity index (χ1) is 16.9. The number of rotatable bonds is 14. The van der Waals surface area contributed by atoms with Crippen LogP contribution in [0.2, 0.25) is 0 Å². The van der Waals surface area contributed by atoms with Crippen LogP contribution in [0.3, 0.4) is 0 Å². The maximum atomic E-state index is 13.3. The van der Waals surface area contributed by atoms with Crippen LogP contribution in [0.15, 0.2) is 15.8 Å². The molecule has 204 valence electrons. The number of nitrogens with two attached hydrogens (primary N) is 1. The van der Waals surface area contributed by atoms with Gasteiger partial charge in [-0.15, -0.1) is 0 Å². The summed E-state index contributed by atoms with van der Waals surface area (Å²) in [6, 6.07) is -0.779. The molecule has 1 aromatic rings. The van der Waals surface area contributed by atoms with Crippen LogP contribution in [-0.2, 0) is 30.3 Å². The van der Waals surface area contributed by atoms with Crippen molar-refractivity contribution in [3.8, 4) is 0 Å². The van der Waals surface area contributed by atoms with Crippen molar-refractivity contribution >= 4 is 18.0 Å². The topological polar surface area (TPSA) is 175 Å². The molecule has 0 saturated carbocycles. The minimum absolute atomic E-state index is 0.000701. The number of ether oxygens (including phenoxy) is 3. The first-order valence-corrected chi connectivity index (χ1v) is 11.8. The SMILES string of the molecule is COC(=O)CN(C(=O)Cn1cc(C)c(=O)[nH]c1=O)C(CNC(=O)OC(C)(C)C)COCCCCCN. The molecule has 0 aromatic carbocycles. The number of nitrogens with one attached hydrogen (secondary N) is 2. The maximum absolute atomic E-state index is 13.3. The van der Waals surface area contributed by atoms with Gasteiger partial charge in [-0.3, -0.25) is 23.9 Å². The van der Waals surface area contributed by atoms with Crippen LogP contribution in [0.25, 0.3) is 0 Å². The summed E-state index contributed by atoms with van der Waals surface area (Å²) in [5.74, 6) is -1.31. The molecule has 0 aliphatic heterocycles. The number of unbranched alkanes of at least 4 members (excludes halogenated alkanes) is 2. The highest BCUT2D eigenvalue weighted by molar-refractivity contribution is 5.82. The van der Waals surface area contributed by atoms with Crippen LogP contribution < -0.4 is 22.3 Å². The Morgan fingerprint density at radius 3 is 2.50 bits per heavy atom. The van der Waals surface area contributed by atoms with Gasteiger partial charge in [-0.05, 0) is 53.5 Å². The van der Waals surface area contributed by atoms with E-state index >= 15 is 0 Å². The predicted molar refractivity (Wildman–Crippen MR) is 132 cm³/mol. The molecule has 2 amide bonds. The highest BCUT2D eigenvalue weighted by Gasteiger charge is 2.28. The van der Waals surface area contributed by atoms with Crippen molar-refractivity contribution in [1.29, 1.82) is 0 Å². The lowest BCUT2D eigenvalue weighted by molar-refractivity contribution is -0.149. The van der Waals surface area contributed by atoms with Crippen molar-refractivity contribution in [3.63, 3.8) is 0 Å².